The number of Topliss-reactive ketones (excluding diaryl/α,β-unsaturated/α-hetero) is 1. The molecule has 1 aromatic rings. The monoisotopic (exact) mass is 154 g/mol. The van der Waals surface area contributed by atoms with Gasteiger partial charge in [-0.2, -0.15) is 0 Å². The van der Waals surface area contributed by atoms with Crippen molar-refractivity contribution in [3.63, 3.8) is 0 Å². The minimum Gasteiger partial charge on any atom is -0.302 e. The second-order valence-corrected chi connectivity index (χ2v) is 2.49. The Hall–Kier alpha value is -1.32. The number of carbonyl (C=O) groups is 1. The Morgan fingerprint density at radius 1 is 1.55 bits per heavy atom. The molecule has 4 nitrogen and oxygen atoms in total. The quantitative estimate of drug-likeness (QED) is 0.654. The van der Waals surface area contributed by atoms with E-state index in [0.29, 0.717) is 12.8 Å². The molecule has 1 aromatic heterocycles. The Labute approximate surface area is 63.6 Å². The van der Waals surface area contributed by atoms with E-state index in [2.05, 4.69) is 10.2 Å². The molecule has 1 rings (SSSR count). The molecule has 0 aromatic carbocycles. The number of hydrogen-bond donors (Lipinski definition) is 2. The van der Waals surface area contributed by atoms with Gasteiger partial charge in [0.1, 0.15) is 5.78 Å². The second-order valence-electron chi connectivity index (χ2n) is 2.49. The lowest BCUT2D eigenvalue weighted by atomic mass is 10.2. The first-order valence-corrected chi connectivity index (χ1v) is 3.44. The summed E-state index contributed by atoms with van der Waals surface area (Å²) in [5.74, 6) is 0.132. The van der Waals surface area contributed by atoms with Crippen LogP contribution in [0.15, 0.2) is 10.9 Å². The van der Waals surface area contributed by atoms with Gasteiger partial charge < -0.3 is 9.89 Å². The Morgan fingerprint density at radius 2 is 2.27 bits per heavy atom. The number of aromatic nitrogens is 2. The highest BCUT2D eigenvalue weighted by Gasteiger charge is 1.97. The lowest BCUT2D eigenvalue weighted by Gasteiger charge is -1.90. The lowest BCUT2D eigenvalue weighted by Crippen LogP contribution is -1.94. The summed E-state index contributed by atoms with van der Waals surface area (Å²) in [5, 5.41) is 5.07. The van der Waals surface area contributed by atoms with E-state index in [9.17, 15) is 9.59 Å². The van der Waals surface area contributed by atoms with Crippen molar-refractivity contribution in [3.8, 4) is 0 Å². The van der Waals surface area contributed by atoms with Crippen LogP contribution < -0.4 is 5.56 Å². The Kier molecular flexibility index (Phi) is 2.25. The summed E-state index contributed by atoms with van der Waals surface area (Å²) < 4.78 is 0. The maximum absolute atomic E-state index is 10.6. The summed E-state index contributed by atoms with van der Waals surface area (Å²) in [6.07, 6.45) is 1.09. The van der Waals surface area contributed by atoms with Crippen LogP contribution in [-0.4, -0.2) is 16.0 Å². The summed E-state index contributed by atoms with van der Waals surface area (Å²) in [5.41, 5.74) is 0.633. The van der Waals surface area contributed by atoms with Gasteiger partial charge in [0.15, 0.2) is 0 Å². The number of H-pyrrole nitrogens is 2. The van der Waals surface area contributed by atoms with Crippen molar-refractivity contribution in [1.29, 1.82) is 0 Å². The third kappa shape index (κ3) is 2.41. The smallest absolute Gasteiger partial charge is 0.264 e. The van der Waals surface area contributed by atoms with E-state index in [4.69, 9.17) is 0 Å². The molecule has 0 aliphatic heterocycles. The second kappa shape index (κ2) is 3.18. The fourth-order valence-corrected chi connectivity index (χ4v) is 0.818. The van der Waals surface area contributed by atoms with Crippen molar-refractivity contribution in [1.82, 2.24) is 10.2 Å². The van der Waals surface area contributed by atoms with Crippen LogP contribution in [0.4, 0.5) is 0 Å². The van der Waals surface area contributed by atoms with Crippen LogP contribution in [-0.2, 0) is 11.2 Å². The largest absolute Gasteiger partial charge is 0.302 e. The van der Waals surface area contributed by atoms with E-state index in [1.807, 2.05) is 0 Å². The first-order valence-electron chi connectivity index (χ1n) is 3.44. The third-order valence-corrected chi connectivity index (χ3v) is 1.40. The maximum atomic E-state index is 10.6. The van der Waals surface area contributed by atoms with Crippen LogP contribution in [0.2, 0.25) is 0 Å². The van der Waals surface area contributed by atoms with Crippen LogP contribution in [0.25, 0.3) is 0 Å². The van der Waals surface area contributed by atoms with Gasteiger partial charge in [-0.05, 0) is 13.3 Å². The first kappa shape index (κ1) is 7.78. The normalized spacial score (nSPS) is 9.91. The SMILES string of the molecule is CC(=O)CCc1cc(=O)[nH][nH]1. The molecule has 0 unspecified atom stereocenters. The number of nitrogens with one attached hydrogen (secondary N) is 2. The predicted octanol–water partition coefficient (Wildman–Crippen LogP) is 0.225. The highest BCUT2D eigenvalue weighted by atomic mass is 16.1. The van der Waals surface area contributed by atoms with Crippen molar-refractivity contribution in [3.05, 3.63) is 22.1 Å². The van der Waals surface area contributed by atoms with E-state index in [0.717, 1.165) is 5.69 Å². The molecule has 4 heteroatoms. The first-order chi connectivity index (χ1) is 5.18. The number of hydrogen-bond acceptors (Lipinski definition) is 2. The van der Waals surface area contributed by atoms with Gasteiger partial charge >= 0.3 is 0 Å². The van der Waals surface area contributed by atoms with Crippen LogP contribution >= 0.6 is 0 Å². The number of aryl methyl sites for hydroxylation is 1. The van der Waals surface area contributed by atoms with Gasteiger partial charge in [-0.1, -0.05) is 0 Å². The van der Waals surface area contributed by atoms with E-state index in [-0.39, 0.29) is 11.3 Å². The zero-order valence-electron chi connectivity index (χ0n) is 6.31. The lowest BCUT2D eigenvalue weighted by molar-refractivity contribution is -0.116. The molecule has 0 aliphatic carbocycles. The molecule has 0 aliphatic rings. The zero-order chi connectivity index (χ0) is 8.27. The van der Waals surface area contributed by atoms with Gasteiger partial charge in [-0.25, -0.2) is 0 Å². The van der Waals surface area contributed by atoms with Gasteiger partial charge in [-0.3, -0.25) is 9.89 Å². The van der Waals surface area contributed by atoms with Gasteiger partial charge in [0.2, 0.25) is 0 Å². The maximum Gasteiger partial charge on any atom is 0.264 e. The van der Waals surface area contributed by atoms with Crippen molar-refractivity contribution >= 4 is 5.78 Å². The highest BCUT2D eigenvalue weighted by Crippen LogP contribution is 1.94. The molecule has 0 saturated heterocycles. The number of aromatic amines is 2. The van der Waals surface area contributed by atoms with Gasteiger partial charge in [0.05, 0.1) is 0 Å². The summed E-state index contributed by atoms with van der Waals surface area (Å²) in [7, 11) is 0. The Bertz CT molecular complexity index is 297. The average Bonchev–Trinajstić information content (AvgIpc) is 2.31. The van der Waals surface area contributed by atoms with Crippen LogP contribution in [0.1, 0.15) is 19.0 Å². The van der Waals surface area contributed by atoms with Gasteiger partial charge in [0.25, 0.3) is 5.56 Å². The molecule has 1 heterocycles. The molecule has 11 heavy (non-hydrogen) atoms. The minimum atomic E-state index is -0.149. The average molecular weight is 154 g/mol. The van der Waals surface area contributed by atoms with Crippen LogP contribution in [0, 0.1) is 0 Å². The zero-order valence-corrected chi connectivity index (χ0v) is 6.31. The Balaban J connectivity index is 2.51. The van der Waals surface area contributed by atoms with Crippen molar-refractivity contribution in [2.24, 2.45) is 0 Å². The molecule has 0 radical (unpaired) electrons. The molecular weight excluding hydrogens is 144 g/mol. The third-order valence-electron chi connectivity index (χ3n) is 1.40. The predicted molar refractivity (Wildman–Crippen MR) is 40.4 cm³/mol. The molecule has 0 amide bonds. The molecule has 60 valence electrons. The van der Waals surface area contributed by atoms with E-state index < -0.39 is 0 Å². The topological polar surface area (TPSA) is 65.7 Å². The van der Waals surface area contributed by atoms with Crippen LogP contribution in [0.3, 0.4) is 0 Å². The summed E-state index contributed by atoms with van der Waals surface area (Å²) >= 11 is 0. The van der Waals surface area contributed by atoms with E-state index in [1.54, 1.807) is 0 Å². The summed E-state index contributed by atoms with van der Waals surface area (Å²) in [4.78, 5) is 21.1. The van der Waals surface area contributed by atoms with Gasteiger partial charge in [0, 0.05) is 18.2 Å². The number of carbonyl (C=O) groups excluding carboxylic acids is 1. The molecule has 0 fully saturated rings. The van der Waals surface area contributed by atoms with E-state index >= 15 is 0 Å². The van der Waals surface area contributed by atoms with Crippen molar-refractivity contribution in [2.75, 3.05) is 0 Å². The molecule has 0 spiro atoms. The van der Waals surface area contributed by atoms with Crippen molar-refractivity contribution < 1.29 is 4.79 Å². The number of ketones is 1. The Morgan fingerprint density at radius 3 is 2.73 bits per heavy atom. The fourth-order valence-electron chi connectivity index (χ4n) is 0.818. The molecule has 0 bridgehead atoms. The number of rotatable bonds is 3. The molecule has 0 saturated carbocycles. The van der Waals surface area contributed by atoms with Gasteiger partial charge in [-0.15, -0.1) is 0 Å². The fraction of sp³-hybridized carbons (Fsp3) is 0.429. The minimum absolute atomic E-state index is 0.132. The molecular formula is C7H10N2O2. The summed E-state index contributed by atoms with van der Waals surface area (Å²) in [6, 6.07) is 1.46. The van der Waals surface area contributed by atoms with Crippen molar-refractivity contribution in [2.45, 2.75) is 19.8 Å². The van der Waals surface area contributed by atoms with Crippen LogP contribution in [0.5, 0.6) is 0 Å². The molecule has 2 N–H and O–H groups in total. The summed E-state index contributed by atoms with van der Waals surface area (Å²) in [6.45, 7) is 1.53. The molecule has 0 atom stereocenters. The standard InChI is InChI=1S/C7H10N2O2/c1-5(10)2-3-6-4-7(11)9-8-6/h4H,2-3H2,1H3,(H2,8,9,11). The van der Waals surface area contributed by atoms with E-state index in [1.165, 1.54) is 13.0 Å². The highest BCUT2D eigenvalue weighted by molar-refractivity contribution is 5.75.